The lowest BCUT2D eigenvalue weighted by molar-refractivity contribution is 0.627. The third kappa shape index (κ3) is 3.77. The van der Waals surface area contributed by atoms with E-state index in [1.54, 1.807) is 6.07 Å². The SMILES string of the molecule is Cc1cc(F)ccc1NC(=S)Nc1ccc(Br)cc1C. The van der Waals surface area contributed by atoms with Gasteiger partial charge in [-0.1, -0.05) is 15.9 Å². The molecular formula is C15H14BrFN2S. The molecule has 5 heteroatoms. The fourth-order valence-electron chi connectivity index (χ4n) is 1.81. The molecule has 0 saturated heterocycles. The summed E-state index contributed by atoms with van der Waals surface area (Å²) in [4.78, 5) is 0. The smallest absolute Gasteiger partial charge is 0.175 e. The second-order valence-electron chi connectivity index (χ2n) is 4.50. The fourth-order valence-corrected chi connectivity index (χ4v) is 2.51. The van der Waals surface area contributed by atoms with Gasteiger partial charge in [0.25, 0.3) is 0 Å². The molecule has 0 radical (unpaired) electrons. The molecule has 0 heterocycles. The van der Waals surface area contributed by atoms with Crippen molar-refractivity contribution in [3.63, 3.8) is 0 Å². The van der Waals surface area contributed by atoms with Crippen molar-refractivity contribution in [3.8, 4) is 0 Å². The summed E-state index contributed by atoms with van der Waals surface area (Å²) < 4.78 is 14.1. The number of halogens is 2. The monoisotopic (exact) mass is 352 g/mol. The molecule has 0 bridgehead atoms. The van der Waals surface area contributed by atoms with E-state index in [-0.39, 0.29) is 5.82 Å². The summed E-state index contributed by atoms with van der Waals surface area (Å²) in [6.07, 6.45) is 0. The maximum absolute atomic E-state index is 13.0. The van der Waals surface area contributed by atoms with E-state index in [9.17, 15) is 4.39 Å². The maximum atomic E-state index is 13.0. The molecule has 2 N–H and O–H groups in total. The number of benzene rings is 2. The van der Waals surface area contributed by atoms with Crippen molar-refractivity contribution in [2.24, 2.45) is 0 Å². The third-order valence-electron chi connectivity index (χ3n) is 2.87. The van der Waals surface area contributed by atoms with Gasteiger partial charge in [0.15, 0.2) is 5.11 Å². The zero-order valence-electron chi connectivity index (χ0n) is 11.1. The Morgan fingerprint density at radius 1 is 1.00 bits per heavy atom. The van der Waals surface area contributed by atoms with Crippen LogP contribution >= 0.6 is 28.1 Å². The lowest BCUT2D eigenvalue weighted by Gasteiger charge is -2.14. The Kier molecular flexibility index (Phi) is 4.73. The molecule has 0 spiro atoms. The molecule has 0 aliphatic carbocycles. The van der Waals surface area contributed by atoms with Gasteiger partial charge in [-0.3, -0.25) is 0 Å². The highest BCUT2D eigenvalue weighted by Crippen LogP contribution is 2.21. The van der Waals surface area contributed by atoms with Gasteiger partial charge >= 0.3 is 0 Å². The second kappa shape index (κ2) is 6.33. The molecule has 0 aliphatic heterocycles. The number of hydrogen-bond acceptors (Lipinski definition) is 1. The molecular weight excluding hydrogens is 339 g/mol. The first-order chi connectivity index (χ1) is 9.45. The zero-order valence-corrected chi connectivity index (χ0v) is 13.5. The second-order valence-corrected chi connectivity index (χ2v) is 5.82. The number of rotatable bonds is 2. The predicted octanol–water partition coefficient (Wildman–Crippen LogP) is 5.01. The maximum Gasteiger partial charge on any atom is 0.175 e. The van der Waals surface area contributed by atoms with Crippen molar-refractivity contribution in [3.05, 3.63) is 57.8 Å². The Morgan fingerprint density at radius 2 is 1.55 bits per heavy atom. The number of anilines is 2. The van der Waals surface area contributed by atoms with E-state index in [1.165, 1.54) is 12.1 Å². The van der Waals surface area contributed by atoms with Gasteiger partial charge in [0.2, 0.25) is 0 Å². The summed E-state index contributed by atoms with van der Waals surface area (Å²) in [5, 5.41) is 6.68. The normalized spacial score (nSPS) is 10.2. The predicted molar refractivity (Wildman–Crippen MR) is 89.9 cm³/mol. The average molecular weight is 353 g/mol. The molecule has 0 atom stereocenters. The summed E-state index contributed by atoms with van der Waals surface area (Å²) in [5.41, 5.74) is 3.62. The largest absolute Gasteiger partial charge is 0.332 e. The van der Waals surface area contributed by atoms with Gasteiger partial charge in [-0.25, -0.2) is 4.39 Å². The summed E-state index contributed by atoms with van der Waals surface area (Å²) in [6.45, 7) is 3.83. The molecule has 104 valence electrons. The van der Waals surface area contributed by atoms with Crippen LogP contribution in [0.25, 0.3) is 0 Å². The summed E-state index contributed by atoms with van der Waals surface area (Å²) >= 11 is 8.70. The van der Waals surface area contributed by atoms with Crippen LogP contribution in [0.1, 0.15) is 11.1 Å². The van der Waals surface area contributed by atoms with E-state index >= 15 is 0 Å². The van der Waals surface area contributed by atoms with E-state index in [0.29, 0.717) is 5.11 Å². The molecule has 0 aliphatic rings. The molecule has 0 aromatic heterocycles. The molecule has 0 fully saturated rings. The molecule has 0 amide bonds. The third-order valence-corrected chi connectivity index (χ3v) is 3.57. The number of thiocarbonyl (C=S) groups is 1. The van der Waals surface area contributed by atoms with Gasteiger partial charge in [-0.05, 0) is 73.6 Å². The van der Waals surface area contributed by atoms with Gasteiger partial charge in [0.05, 0.1) is 0 Å². The van der Waals surface area contributed by atoms with Crippen LogP contribution in [0.3, 0.4) is 0 Å². The van der Waals surface area contributed by atoms with Crippen molar-refractivity contribution >= 4 is 44.6 Å². The number of aryl methyl sites for hydroxylation is 2. The van der Waals surface area contributed by atoms with Crippen molar-refractivity contribution in [2.45, 2.75) is 13.8 Å². The minimum absolute atomic E-state index is 0.254. The van der Waals surface area contributed by atoms with E-state index in [1.807, 2.05) is 32.0 Å². The van der Waals surface area contributed by atoms with Crippen molar-refractivity contribution in [1.29, 1.82) is 0 Å². The Bertz CT molecular complexity index is 603. The highest BCUT2D eigenvalue weighted by Gasteiger charge is 2.05. The lowest BCUT2D eigenvalue weighted by Crippen LogP contribution is -2.20. The van der Waals surface area contributed by atoms with Gasteiger partial charge in [0.1, 0.15) is 5.82 Å². The van der Waals surface area contributed by atoms with E-state index < -0.39 is 0 Å². The van der Waals surface area contributed by atoms with Crippen LogP contribution in [-0.2, 0) is 0 Å². The number of hydrogen-bond donors (Lipinski definition) is 2. The van der Waals surface area contributed by atoms with Gasteiger partial charge in [-0.2, -0.15) is 0 Å². The average Bonchev–Trinajstić information content (AvgIpc) is 2.36. The molecule has 2 aromatic rings. The lowest BCUT2D eigenvalue weighted by atomic mass is 10.2. The van der Waals surface area contributed by atoms with Crippen LogP contribution in [0.5, 0.6) is 0 Å². The van der Waals surface area contributed by atoms with Gasteiger partial charge in [-0.15, -0.1) is 0 Å². The molecule has 0 saturated carbocycles. The Balaban J connectivity index is 2.09. The minimum atomic E-state index is -0.254. The van der Waals surface area contributed by atoms with Crippen LogP contribution in [0.4, 0.5) is 15.8 Å². The number of nitrogens with one attached hydrogen (secondary N) is 2. The molecule has 20 heavy (non-hydrogen) atoms. The quantitative estimate of drug-likeness (QED) is 0.742. The van der Waals surface area contributed by atoms with Crippen LogP contribution < -0.4 is 10.6 Å². The van der Waals surface area contributed by atoms with Crippen LogP contribution in [0, 0.1) is 19.7 Å². The van der Waals surface area contributed by atoms with Gasteiger partial charge < -0.3 is 10.6 Å². The Labute approximate surface area is 131 Å². The van der Waals surface area contributed by atoms with E-state index in [2.05, 4.69) is 26.6 Å². The van der Waals surface area contributed by atoms with Crippen LogP contribution in [0.2, 0.25) is 0 Å². The molecule has 2 rings (SSSR count). The van der Waals surface area contributed by atoms with Crippen molar-refractivity contribution < 1.29 is 4.39 Å². The summed E-state index contributed by atoms with van der Waals surface area (Å²) in [7, 11) is 0. The summed E-state index contributed by atoms with van der Waals surface area (Å²) in [6, 6.07) is 10.5. The van der Waals surface area contributed by atoms with E-state index in [4.69, 9.17) is 12.2 Å². The molecule has 2 aromatic carbocycles. The highest BCUT2D eigenvalue weighted by molar-refractivity contribution is 9.10. The topological polar surface area (TPSA) is 24.1 Å². The van der Waals surface area contributed by atoms with Crippen LogP contribution in [0.15, 0.2) is 40.9 Å². The Morgan fingerprint density at radius 3 is 2.10 bits per heavy atom. The molecule has 0 unspecified atom stereocenters. The first-order valence-corrected chi connectivity index (χ1v) is 7.26. The highest BCUT2D eigenvalue weighted by atomic mass is 79.9. The van der Waals surface area contributed by atoms with Crippen LogP contribution in [-0.4, -0.2) is 5.11 Å². The van der Waals surface area contributed by atoms with Gasteiger partial charge in [0, 0.05) is 15.8 Å². The van der Waals surface area contributed by atoms with Crippen molar-refractivity contribution in [1.82, 2.24) is 0 Å². The fraction of sp³-hybridized carbons (Fsp3) is 0.133. The standard InChI is InChI=1S/C15H14BrFN2S/c1-9-7-11(16)3-5-13(9)18-15(20)19-14-6-4-12(17)8-10(14)2/h3-8H,1-2H3,(H2,18,19,20). The van der Waals surface area contributed by atoms with E-state index in [0.717, 1.165) is 27.0 Å². The first kappa shape index (κ1) is 14.9. The summed E-state index contributed by atoms with van der Waals surface area (Å²) in [5.74, 6) is -0.254. The molecule has 2 nitrogen and oxygen atoms in total. The zero-order chi connectivity index (χ0) is 14.7. The Hall–Kier alpha value is -1.46. The minimum Gasteiger partial charge on any atom is -0.332 e. The van der Waals surface area contributed by atoms with Crippen molar-refractivity contribution in [2.75, 3.05) is 10.6 Å². The first-order valence-electron chi connectivity index (χ1n) is 6.06.